The fourth-order valence-corrected chi connectivity index (χ4v) is 9.83. The van der Waals surface area contributed by atoms with Gasteiger partial charge in [0, 0.05) is 32.7 Å². The lowest BCUT2D eigenvalue weighted by Gasteiger charge is -2.22. The summed E-state index contributed by atoms with van der Waals surface area (Å²) in [5, 5.41) is 5.91. The lowest BCUT2D eigenvalue weighted by atomic mass is 9.89. The van der Waals surface area contributed by atoms with Gasteiger partial charge in [0.05, 0.1) is 0 Å². The third-order valence-electron chi connectivity index (χ3n) is 9.67. The largest absolute Gasteiger partial charge is 0.378 e. The summed E-state index contributed by atoms with van der Waals surface area (Å²) in [6.45, 7) is 0. The zero-order valence-corrected chi connectivity index (χ0v) is 29.0. The molecule has 0 spiro atoms. The maximum Gasteiger partial charge on any atom is 0.340 e. The Morgan fingerprint density at radius 1 is 0.385 bits per heavy atom. The molecule has 0 aliphatic rings. The number of benzene rings is 9. The van der Waals surface area contributed by atoms with Crippen molar-refractivity contribution in [2.24, 2.45) is 0 Å². The molecule has 0 fully saturated rings. The molecule has 8 heteroatoms. The van der Waals surface area contributed by atoms with Crippen LogP contribution in [-0.4, -0.2) is 21.4 Å². The van der Waals surface area contributed by atoms with Crippen molar-refractivity contribution >= 4 is 74.1 Å². The predicted octanol–water partition coefficient (Wildman–Crippen LogP) is 10.8. The van der Waals surface area contributed by atoms with Gasteiger partial charge in [-0.3, -0.25) is 4.55 Å². The zero-order valence-electron chi connectivity index (χ0n) is 27.4. The van der Waals surface area contributed by atoms with Crippen molar-refractivity contribution < 1.29 is 25.6 Å². The van der Waals surface area contributed by atoms with E-state index in [1.54, 1.807) is 36.4 Å². The van der Waals surface area contributed by atoms with Gasteiger partial charge < -0.3 is 4.18 Å². The highest BCUT2D eigenvalue weighted by atomic mass is 32.2. The second kappa shape index (κ2) is 12.0. The average molecular weight is 717 g/mol. The number of hydrogen-bond acceptors (Lipinski definition) is 5. The van der Waals surface area contributed by atoms with Crippen LogP contribution in [0.25, 0.3) is 76.1 Å². The second-order valence-corrected chi connectivity index (χ2v) is 15.5. The first-order valence-corrected chi connectivity index (χ1v) is 19.4. The Kier molecular flexibility index (Phi) is 7.37. The van der Waals surface area contributed by atoms with Gasteiger partial charge in [-0.15, -0.1) is 0 Å². The van der Waals surface area contributed by atoms with Crippen molar-refractivity contribution in [1.82, 2.24) is 0 Å². The molecule has 0 heterocycles. The second-order valence-electron chi connectivity index (χ2n) is 12.7. The van der Waals surface area contributed by atoms with Gasteiger partial charge in [0.2, 0.25) is 0 Å². The molecule has 0 bridgehead atoms. The minimum atomic E-state index is -4.74. The van der Waals surface area contributed by atoms with Crippen LogP contribution in [0.2, 0.25) is 0 Å². The molecule has 0 aromatic heterocycles. The minimum Gasteiger partial charge on any atom is -0.378 e. The van der Waals surface area contributed by atoms with Crippen LogP contribution >= 0.6 is 0 Å². The summed E-state index contributed by atoms with van der Waals surface area (Å²) in [4.78, 5) is -0.340. The van der Waals surface area contributed by atoms with Crippen LogP contribution in [0.5, 0.6) is 5.75 Å². The van der Waals surface area contributed by atoms with E-state index in [2.05, 4.69) is 0 Å². The molecule has 1 N–H and O–H groups in total. The zero-order chi connectivity index (χ0) is 35.6. The number of fused-ring (bicyclic) bond motifs is 5. The monoisotopic (exact) mass is 716 g/mol. The minimum absolute atomic E-state index is 0.0223. The lowest BCUT2D eigenvalue weighted by Crippen LogP contribution is -2.14. The summed E-state index contributed by atoms with van der Waals surface area (Å²) < 4.78 is 73.4. The summed E-state index contributed by atoms with van der Waals surface area (Å²) >= 11 is 0. The molecule has 9 aromatic rings. The highest BCUT2D eigenvalue weighted by molar-refractivity contribution is 7.87. The van der Waals surface area contributed by atoms with Gasteiger partial charge in [-0.05, 0) is 49.5 Å². The molecule has 0 saturated heterocycles. The lowest BCUT2D eigenvalue weighted by molar-refractivity contribution is 0.485. The van der Waals surface area contributed by atoms with Gasteiger partial charge in [0.15, 0.2) is 5.75 Å². The van der Waals surface area contributed by atoms with Crippen molar-refractivity contribution in [2.45, 2.75) is 9.79 Å². The first kappa shape index (κ1) is 31.9. The Labute approximate surface area is 300 Å². The van der Waals surface area contributed by atoms with E-state index < -0.39 is 20.2 Å². The fourth-order valence-electron chi connectivity index (χ4n) is 7.53. The van der Waals surface area contributed by atoms with E-state index in [0.29, 0.717) is 16.7 Å². The fraction of sp³-hybridized carbons (Fsp3) is 0. The van der Waals surface area contributed by atoms with Gasteiger partial charge in [-0.2, -0.15) is 16.8 Å². The van der Waals surface area contributed by atoms with Gasteiger partial charge in [0.25, 0.3) is 10.1 Å². The van der Waals surface area contributed by atoms with Crippen LogP contribution in [0.1, 0.15) is 0 Å². The van der Waals surface area contributed by atoms with Crippen molar-refractivity contribution in [3.05, 3.63) is 164 Å². The molecule has 0 atom stereocenters. The van der Waals surface area contributed by atoms with Gasteiger partial charge in [0.1, 0.15) is 9.79 Å². The molecule has 9 rings (SSSR count). The van der Waals surface area contributed by atoms with Crippen LogP contribution in [0, 0.1) is 0 Å². The molecule has 0 saturated carbocycles. The van der Waals surface area contributed by atoms with Crippen LogP contribution < -0.4 is 4.18 Å². The standard InChI is InChI=1S/C44H28O6S2/c45-51(46,47)43-38-23-9-7-21-36(38)42(37-22-8-10-24-39(37)43)50-52(48,49)44-40(34-25-11-16-28-13-1-4-18-31(28)34)27-30-15-3-6-20-33(30)41(44)35-26-12-17-29-14-2-5-19-32(29)35/h1-27H,(H,45,46,47). The van der Waals surface area contributed by atoms with Crippen LogP contribution in [0.15, 0.2) is 174 Å². The normalized spacial score (nSPS) is 12.2. The molecule has 6 nitrogen and oxygen atoms in total. The number of rotatable bonds is 6. The molecular formula is C44H28O6S2. The van der Waals surface area contributed by atoms with Crippen molar-refractivity contribution in [3.8, 4) is 28.0 Å². The quantitative estimate of drug-likeness (QED) is 0.104. The molecule has 0 aliphatic carbocycles. The van der Waals surface area contributed by atoms with E-state index >= 15 is 8.42 Å². The van der Waals surface area contributed by atoms with Crippen molar-refractivity contribution in [3.63, 3.8) is 0 Å². The molecule has 0 aliphatic heterocycles. The molecule has 0 radical (unpaired) electrons. The van der Waals surface area contributed by atoms with E-state index in [4.69, 9.17) is 4.18 Å². The Morgan fingerprint density at radius 2 is 0.808 bits per heavy atom. The van der Waals surface area contributed by atoms with E-state index in [1.165, 1.54) is 12.1 Å². The summed E-state index contributed by atoms with van der Waals surface area (Å²) in [6.07, 6.45) is 0. The molecule has 0 amide bonds. The molecule has 252 valence electrons. The van der Waals surface area contributed by atoms with Crippen molar-refractivity contribution in [2.75, 3.05) is 0 Å². The molecule has 52 heavy (non-hydrogen) atoms. The third-order valence-corrected chi connectivity index (χ3v) is 11.9. The predicted molar refractivity (Wildman–Crippen MR) is 209 cm³/mol. The number of hydrogen-bond donors (Lipinski definition) is 1. The summed E-state index contributed by atoms with van der Waals surface area (Å²) in [7, 11) is -9.47. The maximum atomic E-state index is 15.5. The van der Waals surface area contributed by atoms with Crippen LogP contribution in [-0.2, 0) is 20.2 Å². The highest BCUT2D eigenvalue weighted by Crippen LogP contribution is 2.48. The van der Waals surface area contributed by atoms with Gasteiger partial charge in [-0.1, -0.05) is 158 Å². The van der Waals surface area contributed by atoms with Crippen LogP contribution in [0.4, 0.5) is 0 Å². The Hall–Kier alpha value is -6.06. The Morgan fingerprint density at radius 3 is 1.37 bits per heavy atom. The summed E-state index contributed by atoms with van der Waals surface area (Å²) in [5.74, 6) is -0.0421. The van der Waals surface area contributed by atoms with Gasteiger partial charge in [-0.25, -0.2) is 0 Å². The average Bonchev–Trinajstić information content (AvgIpc) is 3.16. The third kappa shape index (κ3) is 5.11. The molecular weight excluding hydrogens is 689 g/mol. The van der Waals surface area contributed by atoms with E-state index in [0.717, 1.165) is 37.9 Å². The first-order chi connectivity index (χ1) is 25.2. The topological polar surface area (TPSA) is 97.7 Å². The smallest absolute Gasteiger partial charge is 0.340 e. The van der Waals surface area contributed by atoms with E-state index in [-0.39, 0.29) is 37.1 Å². The highest BCUT2D eigenvalue weighted by Gasteiger charge is 2.32. The van der Waals surface area contributed by atoms with E-state index in [1.807, 2.05) is 115 Å². The Bertz CT molecular complexity index is 3080. The van der Waals surface area contributed by atoms with Crippen molar-refractivity contribution in [1.29, 1.82) is 0 Å². The summed E-state index contributed by atoms with van der Waals surface area (Å²) in [5.41, 5.74) is 2.38. The summed E-state index contributed by atoms with van der Waals surface area (Å²) in [6, 6.07) is 49.9. The molecule has 9 aromatic carbocycles. The SMILES string of the molecule is O=S(=O)(O)c1c2ccccc2c(OS(=O)(=O)c2c(-c3cccc4ccccc34)cc3ccccc3c2-c2cccc3ccccc23)c2ccccc12. The first-order valence-electron chi connectivity index (χ1n) is 16.6. The van der Waals surface area contributed by atoms with E-state index in [9.17, 15) is 13.0 Å². The maximum absolute atomic E-state index is 15.5. The van der Waals surface area contributed by atoms with Crippen LogP contribution in [0.3, 0.4) is 0 Å². The Balaban J connectivity index is 1.44. The van der Waals surface area contributed by atoms with Gasteiger partial charge >= 0.3 is 10.1 Å². The molecule has 0 unspecified atom stereocenters.